The fourth-order valence-electron chi connectivity index (χ4n) is 2.77. The molecule has 0 aliphatic carbocycles. The molecular formula is C20H19N5O3. The van der Waals surface area contributed by atoms with E-state index < -0.39 is 4.92 Å². The summed E-state index contributed by atoms with van der Waals surface area (Å²) in [5, 5.41) is 19.1. The Morgan fingerprint density at radius 2 is 2.00 bits per heavy atom. The Bertz CT molecular complexity index is 1060. The molecule has 142 valence electrons. The molecule has 3 rings (SSSR count). The third kappa shape index (κ3) is 4.67. The molecule has 0 atom stereocenters. The lowest BCUT2D eigenvalue weighted by atomic mass is 10.1. The van der Waals surface area contributed by atoms with Crippen LogP contribution in [0, 0.1) is 24.0 Å². The number of aromatic nitrogens is 2. The fraction of sp³-hybridized carbons (Fsp3) is 0.150. The number of hydrogen-bond donors (Lipinski definition) is 1. The summed E-state index contributed by atoms with van der Waals surface area (Å²) >= 11 is 0. The molecule has 8 nitrogen and oxygen atoms in total. The Morgan fingerprint density at radius 3 is 2.71 bits per heavy atom. The predicted octanol–water partition coefficient (Wildman–Crippen LogP) is 3.22. The lowest BCUT2D eigenvalue weighted by molar-refractivity contribution is -0.384. The quantitative estimate of drug-likeness (QED) is 0.405. The van der Waals surface area contributed by atoms with Gasteiger partial charge in [-0.1, -0.05) is 24.3 Å². The van der Waals surface area contributed by atoms with Crippen LogP contribution in [-0.4, -0.2) is 26.8 Å². The van der Waals surface area contributed by atoms with Crippen LogP contribution in [0.5, 0.6) is 0 Å². The lowest BCUT2D eigenvalue weighted by Gasteiger charge is -2.06. The molecule has 1 heterocycles. The van der Waals surface area contributed by atoms with Gasteiger partial charge in [-0.15, -0.1) is 0 Å². The van der Waals surface area contributed by atoms with Crippen LogP contribution in [0.15, 0.2) is 59.7 Å². The Balaban J connectivity index is 1.67. The number of aryl methyl sites for hydroxylation is 2. The normalized spacial score (nSPS) is 10.9. The van der Waals surface area contributed by atoms with E-state index in [-0.39, 0.29) is 11.6 Å². The van der Waals surface area contributed by atoms with Crippen molar-refractivity contribution < 1.29 is 9.72 Å². The first-order chi connectivity index (χ1) is 13.4. The van der Waals surface area contributed by atoms with Gasteiger partial charge in [-0.3, -0.25) is 19.6 Å². The molecule has 0 unspecified atom stereocenters. The average Bonchev–Trinajstić information content (AvgIpc) is 2.99. The lowest BCUT2D eigenvalue weighted by Crippen LogP contribution is -2.18. The number of amides is 1. The van der Waals surface area contributed by atoms with E-state index >= 15 is 0 Å². The zero-order chi connectivity index (χ0) is 20.1. The van der Waals surface area contributed by atoms with Gasteiger partial charge in [0.15, 0.2) is 0 Å². The number of benzene rings is 2. The summed E-state index contributed by atoms with van der Waals surface area (Å²) in [6.45, 7) is 4.49. The molecule has 0 fully saturated rings. The summed E-state index contributed by atoms with van der Waals surface area (Å²) in [6.07, 6.45) is 1.37. The second-order valence-corrected chi connectivity index (χ2v) is 6.34. The third-order valence-corrected chi connectivity index (χ3v) is 4.09. The first-order valence-corrected chi connectivity index (χ1v) is 8.60. The maximum Gasteiger partial charge on any atom is 0.271 e. The first kappa shape index (κ1) is 19.0. The highest BCUT2D eigenvalue weighted by Crippen LogP contribution is 2.12. The van der Waals surface area contributed by atoms with Gasteiger partial charge >= 0.3 is 0 Å². The van der Waals surface area contributed by atoms with Gasteiger partial charge in [-0.25, -0.2) is 5.43 Å². The molecule has 0 aliphatic heterocycles. The minimum atomic E-state index is -0.482. The van der Waals surface area contributed by atoms with E-state index in [1.54, 1.807) is 30.3 Å². The summed E-state index contributed by atoms with van der Waals surface area (Å²) in [7, 11) is 0. The second-order valence-electron chi connectivity index (χ2n) is 6.34. The van der Waals surface area contributed by atoms with E-state index in [1.165, 1.54) is 18.3 Å². The molecule has 0 bridgehead atoms. The Morgan fingerprint density at radius 1 is 1.21 bits per heavy atom. The Kier molecular flexibility index (Phi) is 5.59. The van der Waals surface area contributed by atoms with Crippen LogP contribution >= 0.6 is 0 Å². The van der Waals surface area contributed by atoms with Gasteiger partial charge in [0.2, 0.25) is 0 Å². The smallest absolute Gasteiger partial charge is 0.267 e. The van der Waals surface area contributed by atoms with Gasteiger partial charge < -0.3 is 0 Å². The maximum atomic E-state index is 12.3. The summed E-state index contributed by atoms with van der Waals surface area (Å²) < 4.78 is 1.88. The Labute approximate surface area is 161 Å². The van der Waals surface area contributed by atoms with Crippen molar-refractivity contribution in [2.24, 2.45) is 5.10 Å². The zero-order valence-corrected chi connectivity index (χ0v) is 15.5. The van der Waals surface area contributed by atoms with E-state index in [1.807, 2.05) is 30.7 Å². The number of nitro groups is 1. The molecule has 0 saturated carbocycles. The maximum absolute atomic E-state index is 12.3. The Hall–Kier alpha value is -3.81. The number of rotatable bonds is 6. The molecular weight excluding hydrogens is 358 g/mol. The van der Waals surface area contributed by atoms with Crippen molar-refractivity contribution in [2.75, 3.05) is 0 Å². The summed E-state index contributed by atoms with van der Waals surface area (Å²) in [6, 6.07) is 15.2. The van der Waals surface area contributed by atoms with Crippen LogP contribution < -0.4 is 5.43 Å². The minimum absolute atomic E-state index is 0.0351. The highest BCUT2D eigenvalue weighted by Gasteiger charge is 2.08. The van der Waals surface area contributed by atoms with Crippen molar-refractivity contribution in [2.45, 2.75) is 20.4 Å². The number of hydrazone groups is 1. The van der Waals surface area contributed by atoms with Crippen molar-refractivity contribution in [3.05, 3.63) is 92.8 Å². The molecule has 8 heteroatoms. The van der Waals surface area contributed by atoms with Crippen LogP contribution in [0.25, 0.3) is 0 Å². The molecule has 0 radical (unpaired) electrons. The summed E-state index contributed by atoms with van der Waals surface area (Å²) in [4.78, 5) is 22.6. The van der Waals surface area contributed by atoms with Crippen LogP contribution in [0.4, 0.5) is 5.69 Å². The standard InChI is InChI=1S/C20H19N5O3/c1-14-9-15(2)24(23-14)13-17-6-3-7-18(10-17)20(26)22-21-12-16-5-4-8-19(11-16)25(27)28/h3-12H,13H2,1-2H3,(H,22,26)/b21-12-. The van der Waals surface area contributed by atoms with Crippen molar-refractivity contribution >= 4 is 17.8 Å². The van der Waals surface area contributed by atoms with Crippen molar-refractivity contribution in [3.8, 4) is 0 Å². The fourth-order valence-corrected chi connectivity index (χ4v) is 2.77. The predicted molar refractivity (Wildman–Crippen MR) is 105 cm³/mol. The number of carbonyl (C=O) groups is 1. The largest absolute Gasteiger partial charge is 0.271 e. The molecule has 1 amide bonds. The van der Waals surface area contributed by atoms with Crippen LogP contribution in [0.1, 0.15) is 32.9 Å². The van der Waals surface area contributed by atoms with Crippen LogP contribution in [0.3, 0.4) is 0 Å². The van der Waals surface area contributed by atoms with Crippen molar-refractivity contribution in [3.63, 3.8) is 0 Å². The van der Waals surface area contributed by atoms with E-state index in [2.05, 4.69) is 15.6 Å². The molecule has 3 aromatic rings. The topological polar surface area (TPSA) is 102 Å². The molecule has 0 aliphatic rings. The summed E-state index contributed by atoms with van der Waals surface area (Å²) in [5.74, 6) is -0.364. The van der Waals surface area contributed by atoms with Gasteiger partial charge in [-0.2, -0.15) is 10.2 Å². The first-order valence-electron chi connectivity index (χ1n) is 8.60. The van der Waals surface area contributed by atoms with Crippen LogP contribution in [0.2, 0.25) is 0 Å². The SMILES string of the molecule is Cc1cc(C)n(Cc2cccc(C(=O)N/N=C\c3cccc([N+](=O)[O-])c3)c2)n1. The molecule has 0 spiro atoms. The van der Waals surface area contributed by atoms with E-state index in [4.69, 9.17) is 0 Å². The molecule has 1 N–H and O–H groups in total. The zero-order valence-electron chi connectivity index (χ0n) is 15.5. The van der Waals surface area contributed by atoms with Crippen LogP contribution in [-0.2, 0) is 6.54 Å². The van der Waals surface area contributed by atoms with Crippen molar-refractivity contribution in [1.82, 2.24) is 15.2 Å². The number of nitro benzene ring substituents is 1. The van der Waals surface area contributed by atoms with Gasteiger partial charge in [-0.05, 0) is 37.6 Å². The van der Waals surface area contributed by atoms with Crippen molar-refractivity contribution in [1.29, 1.82) is 0 Å². The highest BCUT2D eigenvalue weighted by molar-refractivity contribution is 5.95. The molecule has 0 saturated heterocycles. The number of non-ortho nitro benzene ring substituents is 1. The van der Waals surface area contributed by atoms with Gasteiger partial charge in [0.1, 0.15) is 0 Å². The number of carbonyl (C=O) groups excluding carboxylic acids is 1. The molecule has 1 aromatic heterocycles. The van der Waals surface area contributed by atoms with E-state index in [0.717, 1.165) is 17.0 Å². The highest BCUT2D eigenvalue weighted by atomic mass is 16.6. The van der Waals surface area contributed by atoms with Gasteiger partial charge in [0, 0.05) is 29.0 Å². The van der Waals surface area contributed by atoms with Gasteiger partial charge in [0.05, 0.1) is 23.4 Å². The van der Waals surface area contributed by atoms with E-state index in [0.29, 0.717) is 17.7 Å². The molecule has 28 heavy (non-hydrogen) atoms. The third-order valence-electron chi connectivity index (χ3n) is 4.09. The average molecular weight is 377 g/mol. The number of nitrogens with one attached hydrogen (secondary N) is 1. The number of hydrogen-bond acceptors (Lipinski definition) is 5. The summed E-state index contributed by atoms with van der Waals surface area (Å²) in [5.41, 5.74) is 6.34. The number of nitrogens with zero attached hydrogens (tertiary/aromatic N) is 4. The monoisotopic (exact) mass is 377 g/mol. The van der Waals surface area contributed by atoms with E-state index in [9.17, 15) is 14.9 Å². The minimum Gasteiger partial charge on any atom is -0.267 e. The molecule has 2 aromatic carbocycles. The second kappa shape index (κ2) is 8.26. The van der Waals surface area contributed by atoms with Gasteiger partial charge in [0.25, 0.3) is 11.6 Å².